The monoisotopic (exact) mass is 1200 g/mol. The molecule has 0 aromatic rings. The van der Waals surface area contributed by atoms with E-state index in [0.717, 1.165) is 12.8 Å². The molecule has 0 bridgehead atoms. The van der Waals surface area contributed by atoms with Crippen molar-refractivity contribution in [2.45, 2.75) is 203 Å². The van der Waals surface area contributed by atoms with Crippen LogP contribution in [0.5, 0.6) is 0 Å². The van der Waals surface area contributed by atoms with Gasteiger partial charge >= 0.3 is 12.4 Å². The smallest absolute Gasteiger partial charge is 0.341 e. The zero-order chi connectivity index (χ0) is 64.1. The minimum absolute atomic E-state index is 0.0311. The molecule has 18 N–H and O–H groups in total. The van der Waals surface area contributed by atoms with Crippen LogP contribution in [0.4, 0.5) is 0 Å². The quantitative estimate of drug-likeness (QED) is 0.00479. The molecule has 21 nitrogen and oxygen atoms in total. The molecule has 0 heterocycles. The Morgan fingerprint density at radius 1 is 0.494 bits per heavy atom. The van der Waals surface area contributed by atoms with E-state index in [9.17, 15) is 85.9 Å². The van der Waals surface area contributed by atoms with Gasteiger partial charge in [0.2, 0.25) is 0 Å². The molecule has 0 radical (unpaired) electrons. The summed E-state index contributed by atoms with van der Waals surface area (Å²) in [6.45, 7) is 7.17. The van der Waals surface area contributed by atoms with E-state index in [4.69, 9.17) is 11.5 Å². The number of ether oxygens (including phenoxy) is 1. The molecule has 0 amide bonds. The van der Waals surface area contributed by atoms with E-state index in [-0.39, 0.29) is 88.3 Å². The van der Waals surface area contributed by atoms with Crippen LogP contribution in [0.15, 0.2) is 150 Å². The normalized spacial score (nSPS) is 19.3. The third kappa shape index (κ3) is 42.0. The lowest BCUT2D eigenvalue weighted by molar-refractivity contribution is -0.148. The van der Waals surface area contributed by atoms with Crippen molar-refractivity contribution in [2.24, 2.45) is 34.2 Å². The molecule has 0 spiro atoms. The number of hydrogen-bond acceptors (Lipinski definition) is 19. The van der Waals surface area contributed by atoms with Gasteiger partial charge in [0.25, 0.3) is 0 Å². The highest BCUT2D eigenvalue weighted by atomic mass is 16.6. The summed E-state index contributed by atoms with van der Waals surface area (Å²) in [5.74, 6) is -2.51. The van der Waals surface area contributed by atoms with Gasteiger partial charge in [0.05, 0.1) is 79.4 Å². The fourth-order valence-electron chi connectivity index (χ4n) is 8.28. The van der Waals surface area contributed by atoms with Gasteiger partial charge in [0, 0.05) is 62.0 Å². The molecular formula is C64H101N3O18. The number of allylic oxidation sites excluding steroid dienone is 16. The number of carbonyl (C=O) groups excluding carboxylic acids is 3. The zero-order valence-corrected chi connectivity index (χ0v) is 49.8. The van der Waals surface area contributed by atoms with E-state index in [1.54, 1.807) is 93.7 Å². The summed E-state index contributed by atoms with van der Waals surface area (Å²) in [4.78, 5) is 38.2. The summed E-state index contributed by atoms with van der Waals surface area (Å²) < 4.78 is 4.26. The minimum atomic E-state index is -1.70. The number of esters is 1. The second-order valence-electron chi connectivity index (χ2n) is 21.4. The largest absolute Gasteiger partial charge is 0.393 e. The van der Waals surface area contributed by atoms with E-state index < -0.39 is 103 Å². The number of guanidine groups is 1. The fourth-order valence-corrected chi connectivity index (χ4v) is 8.28. The Hall–Kier alpha value is -5.60. The van der Waals surface area contributed by atoms with E-state index in [1.807, 2.05) is 49.5 Å². The Balaban J connectivity index is 4.54. The number of Topliss-reactive ketones (excluding diaryl/α,β-unsaturated/α-hetero) is 1. The van der Waals surface area contributed by atoms with Crippen LogP contribution in [0, 0.1) is 17.8 Å². The minimum Gasteiger partial charge on any atom is -0.393 e. The third-order valence-electron chi connectivity index (χ3n) is 13.5. The molecule has 0 aromatic heterocycles. The number of aliphatic hydroxyl groups is 14. The molecule has 0 aliphatic heterocycles. The Bertz CT molecular complexity index is 2230. The number of hydrogen-bond donors (Lipinski definition) is 16. The lowest BCUT2D eigenvalue weighted by Gasteiger charge is -2.26. The molecule has 17 unspecified atom stereocenters. The van der Waals surface area contributed by atoms with Crippen molar-refractivity contribution in [1.29, 1.82) is 0 Å². The average Bonchev–Trinajstić information content (AvgIpc) is 3.63. The maximum absolute atomic E-state index is 12.8. The molecule has 0 saturated heterocycles. The van der Waals surface area contributed by atoms with Gasteiger partial charge in [-0.2, -0.15) is 0 Å². The highest BCUT2D eigenvalue weighted by Crippen LogP contribution is 2.21. The first kappa shape index (κ1) is 79.4. The van der Waals surface area contributed by atoms with Gasteiger partial charge in [-0.15, -0.1) is 0 Å². The maximum Gasteiger partial charge on any atom is 0.341 e. The highest BCUT2D eigenvalue weighted by molar-refractivity contribution is 5.91. The number of carbonyl (C=O) groups is 3. The highest BCUT2D eigenvalue weighted by Gasteiger charge is 2.29. The van der Waals surface area contributed by atoms with Gasteiger partial charge in [-0.1, -0.05) is 161 Å². The molecule has 0 fully saturated rings. The Morgan fingerprint density at radius 3 is 1.58 bits per heavy atom. The third-order valence-corrected chi connectivity index (χ3v) is 13.5. The molecule has 0 rings (SSSR count). The van der Waals surface area contributed by atoms with E-state index in [1.165, 1.54) is 24.3 Å². The Kier molecular flexibility index (Phi) is 45.3. The van der Waals surface area contributed by atoms with E-state index >= 15 is 0 Å². The summed E-state index contributed by atoms with van der Waals surface area (Å²) in [7, 11) is 0. The lowest BCUT2D eigenvalue weighted by atomic mass is 9.88. The lowest BCUT2D eigenvalue weighted by Crippen LogP contribution is -2.41. The van der Waals surface area contributed by atoms with Crippen molar-refractivity contribution in [3.63, 3.8) is 0 Å². The predicted molar refractivity (Wildman–Crippen MR) is 328 cm³/mol. The molecule has 0 aromatic carbocycles. The molecule has 0 aliphatic carbocycles. The van der Waals surface area contributed by atoms with Crippen LogP contribution in [-0.2, 0) is 19.1 Å². The van der Waals surface area contributed by atoms with Crippen LogP contribution >= 0.6 is 0 Å². The zero-order valence-electron chi connectivity index (χ0n) is 49.8. The number of ketones is 1. The summed E-state index contributed by atoms with van der Waals surface area (Å²) in [5, 5.41) is 145. The second-order valence-corrected chi connectivity index (χ2v) is 21.4. The first-order valence-corrected chi connectivity index (χ1v) is 29.0. The molecule has 480 valence electrons. The van der Waals surface area contributed by atoms with Crippen LogP contribution in [0.1, 0.15) is 118 Å². The van der Waals surface area contributed by atoms with Crippen LogP contribution in [0.2, 0.25) is 0 Å². The number of aliphatic imine (C=N–C) groups is 1. The maximum atomic E-state index is 12.8. The van der Waals surface area contributed by atoms with Crippen LogP contribution < -0.4 is 11.5 Å². The Labute approximate surface area is 502 Å². The Morgan fingerprint density at radius 2 is 0.988 bits per heavy atom. The SMILES string of the molecule is C\C(=C/C=C/C=C/CC/C=C/C(C)C(O)C(C)C(O)/C=C/C=C/C=C/C=C/C=C/C=C/CC(O)C(C)C(=O)CC(O)CC(O)/C=C/CC(O)CC(O)CC(O)/C=C/CC(O)CC(O)C(O)C(O)CC(O)CC(O)CCCN=C(N)N)C(=O)OC=O. The summed E-state index contributed by atoms with van der Waals surface area (Å²) >= 11 is 0. The average molecular weight is 1200 g/mol. The number of nitrogens with two attached hydrogens (primary N) is 2. The number of aliphatic hydroxyl groups excluding tert-OH is 14. The summed E-state index contributed by atoms with van der Waals surface area (Å²) in [5.41, 5.74) is 10.8. The second kappa shape index (κ2) is 48.5. The van der Waals surface area contributed by atoms with Gasteiger partial charge in [0.15, 0.2) is 5.96 Å². The van der Waals surface area contributed by atoms with E-state index in [0.29, 0.717) is 25.0 Å². The molecule has 0 saturated carbocycles. The predicted octanol–water partition coefficient (Wildman–Crippen LogP) is 3.02. The van der Waals surface area contributed by atoms with Gasteiger partial charge < -0.3 is 87.7 Å². The fraction of sp³-hybridized carbons (Fsp3) is 0.562. The standard InChI is InChI=1S/C64H101N3O18/c1-44(26-19-15-11-10-12-16-20-27-45(2)63(84)85-43-68)61(82)47(4)57(78)34-22-18-14-9-7-5-6-8-13-17-21-33-56(77)46(3)58(79)41-54(75)38-50(71)29-23-28-48(69)36-53(74)37-49(70)30-24-31-52(73)40-59(80)62(83)60(81)42-55(76)39-51(72)32-25-35-67-64(65)66/h5-10,12-14,16-24,26-27,29-30,34,43-44,46-57,59-62,69-78,80-83H,11,15,25,28,31-33,35-42H2,1-4H3,(H4,65,66,67)/b6-5+,9-7+,12-10+,13-8+,18-14+,20-16+,21-17+,26-19+,29-23+,30-24+,34-22+,45-27+. The summed E-state index contributed by atoms with van der Waals surface area (Å²) in [6, 6.07) is 0. The van der Waals surface area contributed by atoms with Crippen molar-refractivity contribution in [1.82, 2.24) is 0 Å². The number of rotatable bonds is 47. The van der Waals surface area contributed by atoms with Gasteiger partial charge in [-0.05, 0) is 64.7 Å². The van der Waals surface area contributed by atoms with Crippen molar-refractivity contribution >= 4 is 24.2 Å². The van der Waals surface area contributed by atoms with Crippen LogP contribution in [-0.4, -0.2) is 188 Å². The molecule has 17 atom stereocenters. The first-order valence-electron chi connectivity index (χ1n) is 29.0. The van der Waals surface area contributed by atoms with Crippen molar-refractivity contribution in [3.05, 3.63) is 145 Å². The van der Waals surface area contributed by atoms with Crippen molar-refractivity contribution < 1.29 is 90.6 Å². The molecular weight excluding hydrogens is 1100 g/mol. The van der Waals surface area contributed by atoms with Gasteiger partial charge in [-0.3, -0.25) is 14.6 Å². The van der Waals surface area contributed by atoms with Gasteiger partial charge in [-0.25, -0.2) is 4.79 Å². The van der Waals surface area contributed by atoms with Crippen molar-refractivity contribution in [3.8, 4) is 0 Å². The number of nitrogens with zero attached hydrogens (tertiary/aromatic N) is 1. The van der Waals surface area contributed by atoms with E-state index in [2.05, 4.69) is 9.73 Å². The first-order chi connectivity index (χ1) is 40.3. The van der Waals surface area contributed by atoms with Gasteiger partial charge in [0.1, 0.15) is 11.9 Å². The van der Waals surface area contributed by atoms with Crippen LogP contribution in [0.3, 0.4) is 0 Å². The number of unbranched alkanes of at least 4 members (excludes halogenated alkanes) is 1. The van der Waals surface area contributed by atoms with Crippen LogP contribution in [0.25, 0.3) is 0 Å². The topological polar surface area (TPSA) is 408 Å². The molecule has 85 heavy (non-hydrogen) atoms. The molecule has 0 aliphatic rings. The summed E-state index contributed by atoms with van der Waals surface area (Å²) in [6.07, 6.45) is 23.9. The molecule has 21 heteroatoms. The van der Waals surface area contributed by atoms with Crippen molar-refractivity contribution in [2.75, 3.05) is 6.54 Å².